The molecule has 2 rings (SSSR count). The molecule has 2 atom stereocenters. The lowest BCUT2D eigenvalue weighted by Gasteiger charge is -2.30. The Balaban J connectivity index is 2.55. The third kappa shape index (κ3) is 8.25. The summed E-state index contributed by atoms with van der Waals surface area (Å²) in [4.78, 5) is 29.5. The minimum absolute atomic E-state index is 0.0929. The van der Waals surface area contributed by atoms with E-state index in [2.05, 4.69) is 20.4 Å². The number of halogens is 3. The number of hydrogen-bond donors (Lipinski definition) is 3. The van der Waals surface area contributed by atoms with E-state index in [0.717, 1.165) is 12.1 Å². The molecule has 4 N–H and O–H groups in total. The molecule has 0 aliphatic carbocycles. The molecule has 0 aliphatic rings. The fourth-order valence-electron chi connectivity index (χ4n) is 3.53. The van der Waals surface area contributed by atoms with E-state index in [-0.39, 0.29) is 11.6 Å². The Hall–Kier alpha value is -3.66. The molecule has 1 amide bonds. The molecule has 0 unspecified atom stereocenters. The number of ether oxygens (including phenoxy) is 1. The molecule has 35 heavy (non-hydrogen) atoms. The second-order valence-electron chi connectivity index (χ2n) is 8.12. The lowest BCUT2D eigenvalue weighted by Crippen LogP contribution is -2.44. The number of alkyl halides is 3. The van der Waals surface area contributed by atoms with Gasteiger partial charge in [-0.2, -0.15) is 0 Å². The van der Waals surface area contributed by atoms with Crippen LogP contribution < -0.4 is 21.1 Å². The number of carbonyl (C=O) groups excluding carboxylic acids is 2. The van der Waals surface area contributed by atoms with E-state index in [1.165, 1.54) is 24.5 Å². The molecule has 10 heteroatoms. The molecule has 0 saturated carbocycles. The van der Waals surface area contributed by atoms with E-state index in [9.17, 15) is 22.8 Å². The highest BCUT2D eigenvalue weighted by molar-refractivity contribution is 5.99. The molecule has 2 aromatic rings. The van der Waals surface area contributed by atoms with Crippen LogP contribution in [0.2, 0.25) is 0 Å². The zero-order valence-corrected chi connectivity index (χ0v) is 19.7. The largest absolute Gasteiger partial charge is 0.573 e. The Morgan fingerprint density at radius 3 is 2.49 bits per heavy atom. The Kier molecular flexibility index (Phi) is 10.0. The van der Waals surface area contributed by atoms with E-state index < -0.39 is 30.0 Å². The first-order valence-corrected chi connectivity index (χ1v) is 10.9. The summed E-state index contributed by atoms with van der Waals surface area (Å²) < 4.78 is 41.9. The maximum absolute atomic E-state index is 13.6. The van der Waals surface area contributed by atoms with Crippen LogP contribution in [0.1, 0.15) is 35.7 Å². The van der Waals surface area contributed by atoms with Gasteiger partial charge in [0.2, 0.25) is 5.91 Å². The number of carbonyl (C=O) groups is 2. The zero-order valence-electron chi connectivity index (χ0n) is 19.7. The Bertz CT molecular complexity index is 1070. The van der Waals surface area contributed by atoms with Crippen molar-refractivity contribution in [3.05, 3.63) is 71.4 Å². The molecule has 0 aromatic heterocycles. The minimum atomic E-state index is -4.87. The first-order chi connectivity index (χ1) is 16.6. The highest BCUT2D eigenvalue weighted by Gasteiger charge is 2.34. The van der Waals surface area contributed by atoms with Gasteiger partial charge in [0, 0.05) is 42.4 Å². The number of nitrogens with two attached hydrogens (primary N) is 1. The van der Waals surface area contributed by atoms with Crippen LogP contribution in [0.15, 0.2) is 65.3 Å². The average Bonchev–Trinajstić information content (AvgIpc) is 2.79. The number of nitrogens with one attached hydrogen (secondary N) is 2. The monoisotopic (exact) mass is 490 g/mol. The number of rotatable bonds is 11. The molecule has 0 bridgehead atoms. The van der Waals surface area contributed by atoms with E-state index in [1.807, 2.05) is 13.8 Å². The number of hydrogen-bond acceptors (Lipinski definition) is 6. The van der Waals surface area contributed by atoms with Crippen LogP contribution in [0.3, 0.4) is 0 Å². The van der Waals surface area contributed by atoms with Crippen molar-refractivity contribution >= 4 is 24.1 Å². The number of aliphatic imine (C=N–C) groups is 1. The van der Waals surface area contributed by atoms with Crippen LogP contribution >= 0.6 is 0 Å². The molecule has 188 valence electrons. The van der Waals surface area contributed by atoms with Crippen molar-refractivity contribution in [1.29, 1.82) is 0 Å². The molecular weight excluding hydrogens is 461 g/mol. The van der Waals surface area contributed by atoms with Crippen molar-refractivity contribution in [3.63, 3.8) is 0 Å². The van der Waals surface area contributed by atoms with Crippen LogP contribution in [-0.2, 0) is 4.79 Å². The first kappa shape index (κ1) is 27.6. The predicted molar refractivity (Wildman–Crippen MR) is 130 cm³/mol. The van der Waals surface area contributed by atoms with Crippen molar-refractivity contribution in [2.75, 3.05) is 18.9 Å². The molecule has 0 heterocycles. The topological polar surface area (TPSA) is 106 Å². The summed E-state index contributed by atoms with van der Waals surface area (Å²) >= 11 is 0. The number of amides is 1. The van der Waals surface area contributed by atoms with E-state index in [4.69, 9.17) is 5.73 Å². The van der Waals surface area contributed by atoms with Crippen LogP contribution in [-0.4, -0.2) is 44.4 Å². The quantitative estimate of drug-likeness (QED) is 0.322. The van der Waals surface area contributed by atoms with Gasteiger partial charge in [-0.15, -0.1) is 13.2 Å². The Morgan fingerprint density at radius 1 is 1.17 bits per heavy atom. The summed E-state index contributed by atoms with van der Waals surface area (Å²) in [5.74, 6) is -1.80. The summed E-state index contributed by atoms with van der Waals surface area (Å²) in [6.07, 6.45) is -1.39. The van der Waals surface area contributed by atoms with Crippen LogP contribution in [0, 0.1) is 5.92 Å². The molecule has 0 radical (unpaired) electrons. The van der Waals surface area contributed by atoms with Gasteiger partial charge in [0.05, 0.1) is 12.0 Å². The summed E-state index contributed by atoms with van der Waals surface area (Å²) in [5, 5.41) is 5.98. The summed E-state index contributed by atoms with van der Waals surface area (Å²) in [6, 6.07) is 10.9. The predicted octanol–water partition coefficient (Wildman–Crippen LogP) is 4.28. The van der Waals surface area contributed by atoms with E-state index >= 15 is 0 Å². The Labute approximate surface area is 202 Å². The lowest BCUT2D eigenvalue weighted by molar-refractivity contribution is -0.274. The maximum Gasteiger partial charge on any atom is 0.573 e. The van der Waals surface area contributed by atoms with Gasteiger partial charge in [0.25, 0.3) is 0 Å². The fraction of sp³-hybridized carbons (Fsp3) is 0.320. The van der Waals surface area contributed by atoms with Gasteiger partial charge in [-0.05, 0) is 30.2 Å². The van der Waals surface area contributed by atoms with Gasteiger partial charge in [0.1, 0.15) is 12.0 Å². The highest BCUT2D eigenvalue weighted by Crippen LogP contribution is 2.30. The average molecular weight is 491 g/mol. The summed E-state index contributed by atoms with van der Waals surface area (Å²) in [5.41, 5.74) is 7.18. The molecule has 0 aliphatic heterocycles. The SMILES string of the molecule is CN=CC(=CN)[C@@H](NCC(C)C)[C@@H](C(=O)Nc1cccc(OC(F)(F)F)c1)c1ccccc1C=O. The first-order valence-electron chi connectivity index (χ1n) is 10.9. The van der Waals surface area contributed by atoms with Gasteiger partial charge < -0.3 is 21.1 Å². The molecule has 2 aromatic carbocycles. The number of nitrogens with zero attached hydrogens (tertiary/aromatic N) is 1. The molecule has 7 nitrogen and oxygen atoms in total. The second-order valence-corrected chi connectivity index (χ2v) is 8.12. The van der Waals surface area contributed by atoms with Crippen molar-refractivity contribution < 1.29 is 27.5 Å². The maximum atomic E-state index is 13.6. The van der Waals surface area contributed by atoms with Gasteiger partial charge in [0.15, 0.2) is 0 Å². The normalized spacial score (nSPS) is 14.1. The van der Waals surface area contributed by atoms with Gasteiger partial charge in [-0.25, -0.2) is 0 Å². The van der Waals surface area contributed by atoms with Crippen LogP contribution in [0.25, 0.3) is 0 Å². The third-order valence-corrected chi connectivity index (χ3v) is 4.98. The van der Waals surface area contributed by atoms with Crippen molar-refractivity contribution in [2.45, 2.75) is 32.2 Å². The number of anilines is 1. The van der Waals surface area contributed by atoms with E-state index in [1.54, 1.807) is 31.3 Å². The molecule has 0 fully saturated rings. The summed E-state index contributed by atoms with van der Waals surface area (Å²) in [7, 11) is 1.56. The number of benzene rings is 2. The van der Waals surface area contributed by atoms with Crippen molar-refractivity contribution in [2.24, 2.45) is 16.6 Å². The molecular formula is C25H29F3N4O3. The highest BCUT2D eigenvalue weighted by atomic mass is 19.4. The smallest absolute Gasteiger partial charge is 0.406 e. The van der Waals surface area contributed by atoms with Gasteiger partial charge in [-0.3, -0.25) is 14.6 Å². The number of aldehydes is 1. The second kappa shape index (κ2) is 12.7. The van der Waals surface area contributed by atoms with Gasteiger partial charge >= 0.3 is 6.36 Å². The standard InChI is InChI=1S/C25H29F3N4O3/c1-16(2)13-31-23(18(12-29)14-30-3)22(21-10-5-4-7-17(21)15-33)24(34)32-19-8-6-9-20(11-19)35-25(26,27)28/h4-12,14-16,22-23,31H,13,29H2,1-3H3,(H,32,34)/t22-,23+/m0/s1. The zero-order chi connectivity index (χ0) is 26.0. The summed E-state index contributed by atoms with van der Waals surface area (Å²) in [6.45, 7) is 4.50. The molecule has 0 saturated heterocycles. The van der Waals surface area contributed by atoms with Crippen LogP contribution in [0.4, 0.5) is 18.9 Å². The Morgan fingerprint density at radius 2 is 1.89 bits per heavy atom. The third-order valence-electron chi connectivity index (χ3n) is 4.98. The van der Waals surface area contributed by atoms with Gasteiger partial charge in [-0.1, -0.05) is 44.2 Å². The van der Waals surface area contributed by atoms with Crippen molar-refractivity contribution in [1.82, 2.24) is 5.32 Å². The van der Waals surface area contributed by atoms with Crippen molar-refractivity contribution in [3.8, 4) is 5.75 Å². The lowest BCUT2D eigenvalue weighted by atomic mass is 9.83. The fourth-order valence-corrected chi connectivity index (χ4v) is 3.53. The minimum Gasteiger partial charge on any atom is -0.406 e. The molecule has 0 spiro atoms. The van der Waals surface area contributed by atoms with Crippen LogP contribution in [0.5, 0.6) is 5.75 Å². The van der Waals surface area contributed by atoms with E-state index in [0.29, 0.717) is 29.5 Å².